The summed E-state index contributed by atoms with van der Waals surface area (Å²) in [7, 11) is 0. The first-order valence-electron chi connectivity index (χ1n) is 5.47. The van der Waals surface area contributed by atoms with Crippen molar-refractivity contribution >= 4 is 5.95 Å². The van der Waals surface area contributed by atoms with E-state index in [0.717, 1.165) is 19.0 Å². The standard InChI is InChI=1S/C11H17N3O/c1-9-3-2-6-14(7-9)11-12-5-4-10(8-15)13-11/h4-5,9,15H,2-3,6-8H2,1H3. The van der Waals surface area contributed by atoms with E-state index in [1.165, 1.54) is 12.8 Å². The number of hydrogen-bond acceptors (Lipinski definition) is 4. The maximum absolute atomic E-state index is 9.00. The van der Waals surface area contributed by atoms with Gasteiger partial charge in [-0.2, -0.15) is 0 Å². The van der Waals surface area contributed by atoms with E-state index in [2.05, 4.69) is 21.8 Å². The summed E-state index contributed by atoms with van der Waals surface area (Å²) < 4.78 is 0. The van der Waals surface area contributed by atoms with Crippen molar-refractivity contribution in [1.29, 1.82) is 0 Å². The summed E-state index contributed by atoms with van der Waals surface area (Å²) in [6, 6.07) is 1.75. The Morgan fingerprint density at radius 3 is 3.20 bits per heavy atom. The highest BCUT2D eigenvalue weighted by Gasteiger charge is 2.18. The molecule has 2 rings (SSSR count). The van der Waals surface area contributed by atoms with Crippen LogP contribution in [0.4, 0.5) is 5.95 Å². The van der Waals surface area contributed by atoms with Crippen LogP contribution in [0, 0.1) is 5.92 Å². The van der Waals surface area contributed by atoms with E-state index in [-0.39, 0.29) is 6.61 Å². The van der Waals surface area contributed by atoms with Crippen molar-refractivity contribution in [2.75, 3.05) is 18.0 Å². The van der Waals surface area contributed by atoms with Crippen LogP contribution in [0.25, 0.3) is 0 Å². The number of piperidine rings is 1. The molecule has 0 aromatic carbocycles. The molecule has 1 unspecified atom stereocenters. The minimum atomic E-state index is -0.0150. The van der Waals surface area contributed by atoms with Crippen molar-refractivity contribution in [3.63, 3.8) is 0 Å². The first-order chi connectivity index (χ1) is 7.29. The Kier molecular flexibility index (Phi) is 3.16. The second-order valence-corrected chi connectivity index (χ2v) is 4.20. The number of rotatable bonds is 2. The molecule has 0 aliphatic carbocycles. The van der Waals surface area contributed by atoms with Crippen LogP contribution in [0.5, 0.6) is 0 Å². The minimum Gasteiger partial charge on any atom is -0.390 e. The van der Waals surface area contributed by atoms with Crippen molar-refractivity contribution in [3.05, 3.63) is 18.0 Å². The topological polar surface area (TPSA) is 49.2 Å². The summed E-state index contributed by atoms with van der Waals surface area (Å²) in [5.74, 6) is 1.47. The van der Waals surface area contributed by atoms with Crippen molar-refractivity contribution in [2.24, 2.45) is 5.92 Å². The monoisotopic (exact) mass is 207 g/mol. The average molecular weight is 207 g/mol. The molecule has 1 aromatic rings. The van der Waals surface area contributed by atoms with Gasteiger partial charge in [-0.3, -0.25) is 0 Å². The van der Waals surface area contributed by atoms with Crippen LogP contribution in [0.3, 0.4) is 0 Å². The van der Waals surface area contributed by atoms with Crippen LogP contribution < -0.4 is 4.90 Å². The zero-order valence-electron chi connectivity index (χ0n) is 9.06. The molecule has 82 valence electrons. The Morgan fingerprint density at radius 1 is 1.60 bits per heavy atom. The number of hydrogen-bond donors (Lipinski definition) is 1. The number of anilines is 1. The van der Waals surface area contributed by atoms with Gasteiger partial charge in [0, 0.05) is 19.3 Å². The summed E-state index contributed by atoms with van der Waals surface area (Å²) in [6.45, 7) is 4.29. The van der Waals surface area contributed by atoms with E-state index in [9.17, 15) is 0 Å². The summed E-state index contributed by atoms with van der Waals surface area (Å²) >= 11 is 0. The Balaban J connectivity index is 2.13. The van der Waals surface area contributed by atoms with Crippen molar-refractivity contribution in [3.8, 4) is 0 Å². The lowest BCUT2D eigenvalue weighted by molar-refractivity contribution is 0.276. The fraction of sp³-hybridized carbons (Fsp3) is 0.636. The molecule has 0 saturated carbocycles. The van der Waals surface area contributed by atoms with Crippen LogP contribution in [-0.2, 0) is 6.61 Å². The SMILES string of the molecule is CC1CCCN(c2nccc(CO)n2)C1. The molecule has 1 fully saturated rings. The Labute approximate surface area is 90.0 Å². The molecule has 1 N–H and O–H groups in total. The summed E-state index contributed by atoms with van der Waals surface area (Å²) in [6.07, 6.45) is 4.21. The predicted octanol–water partition coefficient (Wildman–Crippen LogP) is 1.21. The lowest BCUT2D eigenvalue weighted by Crippen LogP contribution is -2.35. The van der Waals surface area contributed by atoms with E-state index in [0.29, 0.717) is 11.6 Å². The van der Waals surface area contributed by atoms with Crippen molar-refractivity contribution in [2.45, 2.75) is 26.4 Å². The Morgan fingerprint density at radius 2 is 2.47 bits per heavy atom. The van der Waals surface area contributed by atoms with Gasteiger partial charge in [0.2, 0.25) is 5.95 Å². The third kappa shape index (κ3) is 2.45. The molecule has 1 saturated heterocycles. The summed E-state index contributed by atoms with van der Waals surface area (Å²) in [4.78, 5) is 10.8. The van der Waals surface area contributed by atoms with Crippen LogP contribution in [0.1, 0.15) is 25.5 Å². The van der Waals surface area contributed by atoms with Crippen LogP contribution in [0.15, 0.2) is 12.3 Å². The number of aliphatic hydroxyl groups is 1. The Bertz CT molecular complexity index is 329. The van der Waals surface area contributed by atoms with Gasteiger partial charge in [-0.15, -0.1) is 0 Å². The second-order valence-electron chi connectivity index (χ2n) is 4.20. The van der Waals surface area contributed by atoms with Gasteiger partial charge in [0.1, 0.15) is 0 Å². The highest BCUT2D eigenvalue weighted by Crippen LogP contribution is 2.19. The highest BCUT2D eigenvalue weighted by atomic mass is 16.3. The zero-order chi connectivity index (χ0) is 10.7. The van der Waals surface area contributed by atoms with Gasteiger partial charge >= 0.3 is 0 Å². The van der Waals surface area contributed by atoms with Gasteiger partial charge in [0.05, 0.1) is 12.3 Å². The largest absolute Gasteiger partial charge is 0.390 e. The molecule has 1 aliphatic heterocycles. The molecular formula is C11H17N3O. The predicted molar refractivity (Wildman–Crippen MR) is 58.6 cm³/mol. The van der Waals surface area contributed by atoms with E-state index in [4.69, 9.17) is 5.11 Å². The van der Waals surface area contributed by atoms with Gasteiger partial charge in [-0.25, -0.2) is 9.97 Å². The second kappa shape index (κ2) is 4.57. The fourth-order valence-corrected chi connectivity index (χ4v) is 2.00. The summed E-state index contributed by atoms with van der Waals surface area (Å²) in [5.41, 5.74) is 0.693. The smallest absolute Gasteiger partial charge is 0.225 e. The normalized spacial score (nSPS) is 21.7. The van der Waals surface area contributed by atoms with Crippen molar-refractivity contribution in [1.82, 2.24) is 9.97 Å². The van der Waals surface area contributed by atoms with E-state index < -0.39 is 0 Å². The third-order valence-electron chi connectivity index (χ3n) is 2.80. The molecule has 1 atom stereocenters. The lowest BCUT2D eigenvalue weighted by Gasteiger charge is -2.30. The maximum atomic E-state index is 9.00. The summed E-state index contributed by atoms with van der Waals surface area (Å²) in [5, 5.41) is 9.00. The molecule has 0 amide bonds. The first-order valence-corrected chi connectivity index (χ1v) is 5.47. The molecule has 0 spiro atoms. The van der Waals surface area contributed by atoms with Crippen LogP contribution >= 0.6 is 0 Å². The molecule has 4 heteroatoms. The van der Waals surface area contributed by atoms with Crippen molar-refractivity contribution < 1.29 is 5.11 Å². The fourth-order valence-electron chi connectivity index (χ4n) is 2.00. The molecule has 15 heavy (non-hydrogen) atoms. The van der Waals surface area contributed by atoms with Crippen LogP contribution in [0.2, 0.25) is 0 Å². The molecular weight excluding hydrogens is 190 g/mol. The quantitative estimate of drug-likeness (QED) is 0.791. The maximum Gasteiger partial charge on any atom is 0.225 e. The highest BCUT2D eigenvalue weighted by molar-refractivity contribution is 5.30. The number of aromatic nitrogens is 2. The molecule has 1 aliphatic rings. The van der Waals surface area contributed by atoms with Gasteiger partial charge in [0.15, 0.2) is 0 Å². The zero-order valence-corrected chi connectivity index (χ0v) is 9.06. The van der Waals surface area contributed by atoms with Gasteiger partial charge < -0.3 is 10.0 Å². The molecule has 1 aromatic heterocycles. The van der Waals surface area contributed by atoms with Gasteiger partial charge in [-0.1, -0.05) is 6.92 Å². The lowest BCUT2D eigenvalue weighted by atomic mass is 10.0. The number of aliphatic hydroxyl groups excluding tert-OH is 1. The van der Waals surface area contributed by atoms with Crippen LogP contribution in [-0.4, -0.2) is 28.2 Å². The molecule has 2 heterocycles. The van der Waals surface area contributed by atoms with E-state index in [1.54, 1.807) is 12.3 Å². The van der Waals surface area contributed by atoms with Gasteiger partial charge in [-0.05, 0) is 24.8 Å². The molecule has 0 radical (unpaired) electrons. The minimum absolute atomic E-state index is 0.0150. The molecule has 0 bridgehead atoms. The third-order valence-corrected chi connectivity index (χ3v) is 2.80. The van der Waals surface area contributed by atoms with E-state index in [1.807, 2.05) is 0 Å². The van der Waals surface area contributed by atoms with Gasteiger partial charge in [0.25, 0.3) is 0 Å². The average Bonchev–Trinajstić information content (AvgIpc) is 2.29. The Hall–Kier alpha value is -1.16. The molecule has 4 nitrogen and oxygen atoms in total. The number of nitrogens with zero attached hydrogens (tertiary/aromatic N) is 3. The van der Waals surface area contributed by atoms with E-state index >= 15 is 0 Å². The first kappa shape index (κ1) is 10.4.